The van der Waals surface area contributed by atoms with Gasteiger partial charge in [-0.15, -0.1) is 0 Å². The third kappa shape index (κ3) is 5.59. The van der Waals surface area contributed by atoms with Crippen LogP contribution in [-0.2, 0) is 0 Å². The van der Waals surface area contributed by atoms with Gasteiger partial charge < -0.3 is 15.3 Å². The first-order valence-corrected chi connectivity index (χ1v) is 7.59. The molecule has 0 aliphatic heterocycles. The van der Waals surface area contributed by atoms with Crippen molar-refractivity contribution in [3.63, 3.8) is 0 Å². The Morgan fingerprint density at radius 1 is 0.909 bits per heavy atom. The van der Waals surface area contributed by atoms with E-state index in [9.17, 15) is 28.5 Å². The fourth-order valence-electron chi connectivity index (χ4n) is 2.49. The van der Waals surface area contributed by atoms with Crippen molar-refractivity contribution < 1.29 is 28.5 Å². The normalized spacial score (nSPS) is 13.4. The Kier molecular flexibility index (Phi) is 7.32. The zero-order valence-corrected chi connectivity index (χ0v) is 12.7. The van der Waals surface area contributed by atoms with Crippen molar-refractivity contribution in [3.8, 4) is 0 Å². The third-order valence-corrected chi connectivity index (χ3v) is 3.72. The summed E-state index contributed by atoms with van der Waals surface area (Å²) in [6, 6.07) is 1.36. The molecule has 0 aliphatic carbocycles. The largest absolute Gasteiger partial charge is 0.343 e. The summed E-state index contributed by atoms with van der Waals surface area (Å²) in [5.74, 6) is -8.88. The zero-order chi connectivity index (χ0) is 16.8. The molecule has 1 rings (SSSR count). The van der Waals surface area contributed by atoms with E-state index in [-0.39, 0.29) is 12.0 Å². The number of benzene rings is 1. The first-order valence-electron chi connectivity index (χ1n) is 7.59. The van der Waals surface area contributed by atoms with Crippen molar-refractivity contribution >= 4 is 0 Å². The molecule has 0 aliphatic rings. The van der Waals surface area contributed by atoms with E-state index >= 15 is 0 Å². The first-order chi connectivity index (χ1) is 10.3. The van der Waals surface area contributed by atoms with E-state index < -0.39 is 29.3 Å². The smallest absolute Gasteiger partial charge is 0.282 e. The van der Waals surface area contributed by atoms with Gasteiger partial charge in [-0.3, -0.25) is 0 Å². The molecule has 3 N–H and O–H groups in total. The molecular formula is C16H23F3O3. The second-order valence-corrected chi connectivity index (χ2v) is 5.59. The van der Waals surface area contributed by atoms with Gasteiger partial charge in [-0.05, 0) is 24.1 Å². The molecule has 1 unspecified atom stereocenters. The lowest BCUT2D eigenvalue weighted by atomic mass is 9.90. The number of aliphatic hydroxyl groups is 3. The summed E-state index contributed by atoms with van der Waals surface area (Å²) in [5.41, 5.74) is -0.183. The van der Waals surface area contributed by atoms with Gasteiger partial charge in [-0.2, -0.15) is 0 Å². The van der Waals surface area contributed by atoms with Crippen LogP contribution in [0.3, 0.4) is 0 Å². The molecular weight excluding hydrogens is 297 g/mol. The SMILES string of the molecule is CCCCCCCCC(c1cc(F)c(F)c(F)c1)C(O)(O)O. The lowest BCUT2D eigenvalue weighted by molar-refractivity contribution is -0.326. The molecule has 0 saturated heterocycles. The summed E-state index contributed by atoms with van der Waals surface area (Å²) in [4.78, 5) is 0. The van der Waals surface area contributed by atoms with Crippen LogP contribution in [0.2, 0.25) is 0 Å². The summed E-state index contributed by atoms with van der Waals surface area (Å²) in [6.45, 7) is 2.09. The van der Waals surface area contributed by atoms with Crippen molar-refractivity contribution in [1.82, 2.24) is 0 Å². The van der Waals surface area contributed by atoms with E-state index in [0.29, 0.717) is 18.6 Å². The van der Waals surface area contributed by atoms with Crippen molar-refractivity contribution in [2.75, 3.05) is 0 Å². The average molecular weight is 320 g/mol. The number of hydrogen-bond acceptors (Lipinski definition) is 3. The molecule has 0 saturated carbocycles. The van der Waals surface area contributed by atoms with Crippen LogP contribution in [0.5, 0.6) is 0 Å². The van der Waals surface area contributed by atoms with Crippen LogP contribution < -0.4 is 0 Å². The fourth-order valence-corrected chi connectivity index (χ4v) is 2.49. The minimum Gasteiger partial charge on any atom is -0.343 e. The van der Waals surface area contributed by atoms with Crippen LogP contribution in [0.1, 0.15) is 63.4 Å². The number of rotatable bonds is 9. The Morgan fingerprint density at radius 2 is 1.41 bits per heavy atom. The van der Waals surface area contributed by atoms with Crippen molar-refractivity contribution in [2.24, 2.45) is 0 Å². The third-order valence-electron chi connectivity index (χ3n) is 3.72. The highest BCUT2D eigenvalue weighted by Crippen LogP contribution is 2.32. The van der Waals surface area contributed by atoms with Crippen LogP contribution >= 0.6 is 0 Å². The zero-order valence-electron chi connectivity index (χ0n) is 12.7. The van der Waals surface area contributed by atoms with Gasteiger partial charge in [0.1, 0.15) is 0 Å². The highest BCUT2D eigenvalue weighted by molar-refractivity contribution is 5.24. The Bertz CT molecular complexity index is 449. The Morgan fingerprint density at radius 3 is 1.91 bits per heavy atom. The van der Waals surface area contributed by atoms with Crippen LogP contribution in [0.4, 0.5) is 13.2 Å². The molecule has 126 valence electrons. The van der Waals surface area contributed by atoms with Gasteiger partial charge in [0.2, 0.25) is 0 Å². The number of hydrogen-bond donors (Lipinski definition) is 3. The standard InChI is InChI=1S/C16H23F3O3/c1-2-3-4-5-6-7-8-12(16(20,21)22)11-9-13(17)15(19)14(18)10-11/h9-10,12,20-22H,2-8H2,1H3. The minimum absolute atomic E-state index is 0.125. The van der Waals surface area contributed by atoms with E-state index in [1.807, 2.05) is 0 Å². The topological polar surface area (TPSA) is 60.7 Å². The van der Waals surface area contributed by atoms with E-state index in [1.165, 1.54) is 0 Å². The van der Waals surface area contributed by atoms with Gasteiger partial charge in [-0.1, -0.05) is 45.4 Å². The van der Waals surface area contributed by atoms with Gasteiger partial charge in [0.25, 0.3) is 5.97 Å². The highest BCUT2D eigenvalue weighted by atomic mass is 19.2. The lowest BCUT2D eigenvalue weighted by Gasteiger charge is -2.26. The van der Waals surface area contributed by atoms with E-state index in [0.717, 1.165) is 32.1 Å². The number of unbranched alkanes of at least 4 members (excludes halogenated alkanes) is 5. The van der Waals surface area contributed by atoms with Crippen molar-refractivity contribution in [2.45, 2.75) is 63.8 Å². The predicted octanol–water partition coefficient (Wildman–Crippen LogP) is 3.57. The Balaban J connectivity index is 2.74. The molecule has 22 heavy (non-hydrogen) atoms. The fraction of sp³-hybridized carbons (Fsp3) is 0.625. The van der Waals surface area contributed by atoms with Gasteiger partial charge >= 0.3 is 0 Å². The Labute approximate surface area is 128 Å². The average Bonchev–Trinajstić information content (AvgIpc) is 2.42. The molecule has 6 heteroatoms. The molecule has 0 spiro atoms. The summed E-state index contributed by atoms with van der Waals surface area (Å²) in [7, 11) is 0. The van der Waals surface area contributed by atoms with Crippen LogP contribution in [0.15, 0.2) is 12.1 Å². The molecule has 1 aromatic carbocycles. The van der Waals surface area contributed by atoms with Crippen molar-refractivity contribution in [1.29, 1.82) is 0 Å². The van der Waals surface area contributed by atoms with Gasteiger partial charge in [-0.25, -0.2) is 13.2 Å². The maximum absolute atomic E-state index is 13.3. The van der Waals surface area contributed by atoms with Crippen LogP contribution in [-0.4, -0.2) is 21.3 Å². The molecule has 1 aromatic rings. The maximum atomic E-state index is 13.3. The summed E-state index contributed by atoms with van der Waals surface area (Å²) >= 11 is 0. The first kappa shape index (κ1) is 18.9. The second-order valence-electron chi connectivity index (χ2n) is 5.59. The summed E-state index contributed by atoms with van der Waals surface area (Å²) in [6.07, 6.45) is 5.72. The molecule has 0 bridgehead atoms. The van der Waals surface area contributed by atoms with Gasteiger partial charge in [0.15, 0.2) is 17.5 Å². The lowest BCUT2D eigenvalue weighted by Crippen LogP contribution is -2.35. The number of halogens is 3. The summed E-state index contributed by atoms with van der Waals surface area (Å²) < 4.78 is 39.5. The molecule has 0 radical (unpaired) electrons. The van der Waals surface area contributed by atoms with Crippen molar-refractivity contribution in [3.05, 3.63) is 35.1 Å². The highest BCUT2D eigenvalue weighted by Gasteiger charge is 2.34. The molecule has 3 nitrogen and oxygen atoms in total. The van der Waals surface area contributed by atoms with Gasteiger partial charge in [0.05, 0.1) is 5.92 Å². The predicted molar refractivity (Wildman–Crippen MR) is 76.4 cm³/mol. The maximum Gasteiger partial charge on any atom is 0.282 e. The minimum atomic E-state index is -3.11. The quantitative estimate of drug-likeness (QED) is 0.370. The van der Waals surface area contributed by atoms with E-state index in [4.69, 9.17) is 0 Å². The van der Waals surface area contributed by atoms with Gasteiger partial charge in [0, 0.05) is 0 Å². The van der Waals surface area contributed by atoms with Crippen LogP contribution in [0, 0.1) is 17.5 Å². The van der Waals surface area contributed by atoms with E-state index in [2.05, 4.69) is 6.92 Å². The molecule has 0 aromatic heterocycles. The molecule has 0 fully saturated rings. The monoisotopic (exact) mass is 320 g/mol. The second kappa shape index (κ2) is 8.50. The molecule has 0 heterocycles. The molecule has 0 amide bonds. The van der Waals surface area contributed by atoms with Crippen LogP contribution in [0.25, 0.3) is 0 Å². The molecule has 1 atom stereocenters. The summed E-state index contributed by atoms with van der Waals surface area (Å²) in [5, 5.41) is 28.2. The Hall–Kier alpha value is -1.11. The van der Waals surface area contributed by atoms with E-state index in [1.54, 1.807) is 0 Å².